The lowest BCUT2D eigenvalue weighted by molar-refractivity contribution is 0.333. The molecule has 0 unspecified atom stereocenters. The molecule has 1 aliphatic rings. The monoisotopic (exact) mass is 359 g/mol. The molecule has 0 atom stereocenters. The highest BCUT2D eigenvalue weighted by molar-refractivity contribution is 5.88. The van der Waals surface area contributed by atoms with Crippen molar-refractivity contribution in [3.63, 3.8) is 0 Å². The maximum Gasteiger partial charge on any atom is 0.184 e. The van der Waals surface area contributed by atoms with E-state index in [9.17, 15) is 0 Å². The van der Waals surface area contributed by atoms with Gasteiger partial charge in [0.25, 0.3) is 0 Å². The van der Waals surface area contributed by atoms with Gasteiger partial charge in [-0.3, -0.25) is 4.40 Å². The smallest absolute Gasteiger partial charge is 0.184 e. The van der Waals surface area contributed by atoms with Gasteiger partial charge in [-0.2, -0.15) is 0 Å². The van der Waals surface area contributed by atoms with Crippen LogP contribution in [0.2, 0.25) is 0 Å². The molecule has 5 heteroatoms. The summed E-state index contributed by atoms with van der Waals surface area (Å²) in [5, 5.41) is 12.5. The molecule has 1 aromatic carbocycles. The molecule has 0 radical (unpaired) electrons. The molecule has 138 valence electrons. The van der Waals surface area contributed by atoms with E-state index in [2.05, 4.69) is 73.9 Å². The van der Waals surface area contributed by atoms with Crippen molar-refractivity contribution in [2.45, 2.75) is 39.7 Å². The Bertz CT molecular complexity index is 1100. The van der Waals surface area contributed by atoms with E-state index in [1.165, 1.54) is 41.6 Å². The zero-order valence-corrected chi connectivity index (χ0v) is 15.9. The lowest BCUT2D eigenvalue weighted by Crippen LogP contribution is -2.21. The number of anilines is 1. The molecule has 27 heavy (non-hydrogen) atoms. The Morgan fingerprint density at radius 2 is 1.85 bits per heavy atom. The van der Waals surface area contributed by atoms with Gasteiger partial charge in [-0.05, 0) is 50.3 Å². The van der Waals surface area contributed by atoms with Crippen molar-refractivity contribution in [3.8, 4) is 0 Å². The summed E-state index contributed by atoms with van der Waals surface area (Å²) in [5.74, 6) is 1.72. The molecular formula is C22H25N5. The first kappa shape index (κ1) is 16.4. The van der Waals surface area contributed by atoms with E-state index in [1.807, 2.05) is 6.92 Å². The Hall–Kier alpha value is -2.82. The third kappa shape index (κ3) is 2.78. The minimum atomic E-state index is 0.794. The van der Waals surface area contributed by atoms with Crippen molar-refractivity contribution in [2.75, 3.05) is 11.9 Å². The lowest BCUT2D eigenvalue weighted by Gasteiger charge is -2.26. The van der Waals surface area contributed by atoms with Gasteiger partial charge in [-0.1, -0.05) is 36.8 Å². The molecular weight excluding hydrogens is 334 g/mol. The van der Waals surface area contributed by atoms with Crippen LogP contribution in [0.1, 0.15) is 36.3 Å². The van der Waals surface area contributed by atoms with Crippen molar-refractivity contribution < 1.29 is 0 Å². The van der Waals surface area contributed by atoms with Gasteiger partial charge in [-0.15, -0.1) is 10.2 Å². The van der Waals surface area contributed by atoms with Crippen LogP contribution in [0.15, 0.2) is 42.5 Å². The highest BCUT2D eigenvalue weighted by Gasteiger charge is 2.20. The second-order valence-electron chi connectivity index (χ2n) is 7.77. The van der Waals surface area contributed by atoms with E-state index < -0.39 is 0 Å². The standard InChI is InChI=1S/C22H25N5/c1-15-11-21-20(26(15)14-18-7-4-3-5-8-18)12-19(23-13-17-9-6-10-17)22-25-24-16(2)27(21)22/h3-5,7-8,11-12,17,23H,6,9-10,13-14H2,1-2H3. The SMILES string of the molecule is Cc1cc2c(cc(NCC3CCC3)c3nnc(C)n32)n1Cc1ccccc1. The molecule has 5 nitrogen and oxygen atoms in total. The average Bonchev–Trinajstić information content (AvgIpc) is 3.16. The van der Waals surface area contributed by atoms with Crippen molar-refractivity contribution in [1.29, 1.82) is 0 Å². The summed E-state index contributed by atoms with van der Waals surface area (Å²) >= 11 is 0. The van der Waals surface area contributed by atoms with Gasteiger partial charge in [0.2, 0.25) is 0 Å². The number of fused-ring (bicyclic) bond motifs is 3. The van der Waals surface area contributed by atoms with Crippen LogP contribution in [0.4, 0.5) is 5.69 Å². The lowest BCUT2D eigenvalue weighted by atomic mass is 9.85. The topological polar surface area (TPSA) is 47.1 Å². The fourth-order valence-corrected chi connectivity index (χ4v) is 4.09. The van der Waals surface area contributed by atoms with E-state index in [1.54, 1.807) is 0 Å². The largest absolute Gasteiger partial charge is 0.382 e. The summed E-state index contributed by atoms with van der Waals surface area (Å²) in [4.78, 5) is 0. The second-order valence-corrected chi connectivity index (χ2v) is 7.77. The van der Waals surface area contributed by atoms with Crippen LogP contribution in [0, 0.1) is 19.8 Å². The molecule has 0 amide bonds. The maximum absolute atomic E-state index is 4.45. The molecule has 1 N–H and O–H groups in total. The summed E-state index contributed by atoms with van der Waals surface area (Å²) in [6.07, 6.45) is 4.03. The van der Waals surface area contributed by atoms with Crippen molar-refractivity contribution in [2.24, 2.45) is 5.92 Å². The number of hydrogen-bond donors (Lipinski definition) is 1. The van der Waals surface area contributed by atoms with Gasteiger partial charge in [-0.25, -0.2) is 0 Å². The Balaban J connectivity index is 1.64. The summed E-state index contributed by atoms with van der Waals surface area (Å²) in [7, 11) is 0. The van der Waals surface area contributed by atoms with Gasteiger partial charge in [0.15, 0.2) is 5.65 Å². The first-order valence-electron chi connectivity index (χ1n) is 9.83. The van der Waals surface area contributed by atoms with E-state index in [0.717, 1.165) is 36.2 Å². The average molecular weight is 359 g/mol. The first-order valence-corrected chi connectivity index (χ1v) is 9.83. The third-order valence-corrected chi connectivity index (χ3v) is 5.90. The molecule has 1 saturated carbocycles. The number of rotatable bonds is 5. The van der Waals surface area contributed by atoms with Crippen LogP contribution in [-0.4, -0.2) is 25.7 Å². The van der Waals surface area contributed by atoms with Gasteiger partial charge in [0.1, 0.15) is 5.82 Å². The summed E-state index contributed by atoms with van der Waals surface area (Å²) in [5.41, 5.74) is 6.97. The summed E-state index contributed by atoms with van der Waals surface area (Å²) < 4.78 is 4.57. The second kappa shape index (κ2) is 6.41. The fourth-order valence-electron chi connectivity index (χ4n) is 4.09. The Morgan fingerprint density at radius 3 is 2.59 bits per heavy atom. The van der Waals surface area contributed by atoms with Crippen LogP contribution in [0.3, 0.4) is 0 Å². The maximum atomic E-state index is 4.45. The van der Waals surface area contributed by atoms with Crippen molar-refractivity contribution in [3.05, 3.63) is 59.5 Å². The quantitative estimate of drug-likeness (QED) is 0.568. The zero-order chi connectivity index (χ0) is 18.4. The number of aromatic nitrogens is 4. The normalized spacial score (nSPS) is 14.7. The van der Waals surface area contributed by atoms with Crippen molar-refractivity contribution in [1.82, 2.24) is 19.2 Å². The molecule has 0 saturated heterocycles. The number of benzene rings is 1. The first-order chi connectivity index (χ1) is 13.2. The Morgan fingerprint density at radius 1 is 1.04 bits per heavy atom. The number of pyridine rings is 1. The minimum absolute atomic E-state index is 0.794. The number of nitrogens with zero attached hydrogens (tertiary/aromatic N) is 4. The van der Waals surface area contributed by atoms with E-state index >= 15 is 0 Å². The molecule has 0 bridgehead atoms. The molecule has 0 spiro atoms. The molecule has 3 heterocycles. The fraction of sp³-hybridized carbons (Fsp3) is 0.364. The van der Waals surface area contributed by atoms with E-state index in [-0.39, 0.29) is 0 Å². The van der Waals surface area contributed by atoms with E-state index in [0.29, 0.717) is 0 Å². The van der Waals surface area contributed by atoms with Gasteiger partial charge >= 0.3 is 0 Å². The Labute approximate surface area is 159 Å². The number of hydrogen-bond acceptors (Lipinski definition) is 3. The van der Waals surface area contributed by atoms with E-state index in [4.69, 9.17) is 0 Å². The molecule has 1 aliphatic carbocycles. The van der Waals surface area contributed by atoms with Crippen LogP contribution < -0.4 is 5.32 Å². The molecule has 1 fully saturated rings. The van der Waals surface area contributed by atoms with Crippen molar-refractivity contribution >= 4 is 22.4 Å². The highest BCUT2D eigenvalue weighted by Crippen LogP contribution is 2.31. The molecule has 4 aromatic rings. The predicted octanol–water partition coefficient (Wildman–Crippen LogP) is 4.56. The van der Waals surface area contributed by atoms with Crippen LogP contribution >= 0.6 is 0 Å². The van der Waals surface area contributed by atoms with Gasteiger partial charge in [0, 0.05) is 18.8 Å². The third-order valence-electron chi connectivity index (χ3n) is 5.90. The van der Waals surface area contributed by atoms with Crippen LogP contribution in [-0.2, 0) is 6.54 Å². The number of nitrogens with one attached hydrogen (secondary N) is 1. The Kier molecular flexibility index (Phi) is 3.88. The van der Waals surface area contributed by atoms with Crippen LogP contribution in [0.25, 0.3) is 16.7 Å². The minimum Gasteiger partial charge on any atom is -0.382 e. The molecule has 0 aliphatic heterocycles. The molecule has 3 aromatic heterocycles. The van der Waals surface area contributed by atoms with Gasteiger partial charge in [0.05, 0.1) is 16.7 Å². The zero-order valence-electron chi connectivity index (χ0n) is 15.9. The molecule has 5 rings (SSSR count). The predicted molar refractivity (Wildman–Crippen MR) is 109 cm³/mol. The summed E-state index contributed by atoms with van der Waals surface area (Å²) in [6, 6.07) is 15.1. The number of aryl methyl sites for hydroxylation is 2. The summed E-state index contributed by atoms with van der Waals surface area (Å²) in [6.45, 7) is 6.09. The highest BCUT2D eigenvalue weighted by atomic mass is 15.3. The van der Waals surface area contributed by atoms with Crippen LogP contribution in [0.5, 0.6) is 0 Å². The van der Waals surface area contributed by atoms with Gasteiger partial charge < -0.3 is 9.88 Å².